The van der Waals surface area contributed by atoms with Gasteiger partial charge in [0.05, 0.1) is 12.7 Å². The van der Waals surface area contributed by atoms with Crippen molar-refractivity contribution in [1.82, 2.24) is 10.8 Å². The summed E-state index contributed by atoms with van der Waals surface area (Å²) in [5, 5.41) is 11.5. The zero-order chi connectivity index (χ0) is 24.0. The number of halogens is 3. The summed E-state index contributed by atoms with van der Waals surface area (Å²) in [4.78, 5) is 12.4. The number of ether oxygens (including phenoxy) is 2. The summed E-state index contributed by atoms with van der Waals surface area (Å²) in [7, 11) is 1.51. The number of carbonyl (C=O) groups excluding carboxylic acids is 1. The van der Waals surface area contributed by atoms with Gasteiger partial charge in [0.25, 0.3) is 5.91 Å². The molecule has 178 valence electrons. The molecular formula is C24H27F3N2O4. The van der Waals surface area contributed by atoms with Gasteiger partial charge in [-0.1, -0.05) is 18.7 Å². The van der Waals surface area contributed by atoms with E-state index >= 15 is 0 Å². The van der Waals surface area contributed by atoms with Crippen LogP contribution in [0, 0.1) is 29.3 Å². The fourth-order valence-corrected chi connectivity index (χ4v) is 3.89. The van der Waals surface area contributed by atoms with Crippen molar-refractivity contribution in [2.45, 2.75) is 32.3 Å². The molecular weight excluding hydrogens is 437 g/mol. The van der Waals surface area contributed by atoms with Crippen molar-refractivity contribution in [3.8, 4) is 11.5 Å². The van der Waals surface area contributed by atoms with Crippen molar-refractivity contribution in [2.24, 2.45) is 11.8 Å². The van der Waals surface area contributed by atoms with Crippen LogP contribution in [-0.2, 0) is 6.61 Å². The van der Waals surface area contributed by atoms with Crippen LogP contribution in [0.1, 0.15) is 41.6 Å². The van der Waals surface area contributed by atoms with E-state index in [9.17, 15) is 18.0 Å². The van der Waals surface area contributed by atoms with Gasteiger partial charge >= 0.3 is 0 Å². The van der Waals surface area contributed by atoms with Crippen LogP contribution >= 0.6 is 0 Å². The zero-order valence-corrected chi connectivity index (χ0v) is 18.3. The molecule has 1 aliphatic rings. The molecule has 0 aliphatic heterocycles. The minimum absolute atomic E-state index is 0.140. The van der Waals surface area contributed by atoms with Gasteiger partial charge < -0.3 is 14.8 Å². The van der Waals surface area contributed by atoms with E-state index in [4.69, 9.17) is 14.7 Å². The average Bonchev–Trinajstić information content (AvgIpc) is 2.84. The molecule has 0 bridgehead atoms. The van der Waals surface area contributed by atoms with E-state index in [0.29, 0.717) is 23.1 Å². The highest BCUT2D eigenvalue weighted by Gasteiger charge is 2.26. The molecule has 1 fully saturated rings. The maximum atomic E-state index is 14.5. The molecule has 0 unspecified atom stereocenters. The summed E-state index contributed by atoms with van der Waals surface area (Å²) in [6, 6.07) is 7.26. The number of hydrogen-bond acceptors (Lipinski definition) is 5. The van der Waals surface area contributed by atoms with E-state index in [-0.39, 0.29) is 25.0 Å². The Kier molecular flexibility index (Phi) is 8.21. The van der Waals surface area contributed by atoms with Crippen LogP contribution in [0.4, 0.5) is 13.2 Å². The normalized spacial score (nSPS) is 17.8. The van der Waals surface area contributed by atoms with Gasteiger partial charge in [-0.2, -0.15) is 4.39 Å². The summed E-state index contributed by atoms with van der Waals surface area (Å²) in [6.45, 7) is 3.81. The number of nitrogens with one attached hydrogen (secondary N) is 2. The monoisotopic (exact) mass is 464 g/mol. The first-order valence-corrected chi connectivity index (χ1v) is 10.6. The fourth-order valence-electron chi connectivity index (χ4n) is 3.89. The second kappa shape index (κ2) is 11.1. The van der Waals surface area contributed by atoms with E-state index in [2.05, 4.69) is 17.4 Å². The van der Waals surface area contributed by atoms with Crippen LogP contribution in [0.2, 0.25) is 0 Å². The molecule has 33 heavy (non-hydrogen) atoms. The van der Waals surface area contributed by atoms with Gasteiger partial charge in [-0.15, -0.1) is 0 Å². The highest BCUT2D eigenvalue weighted by molar-refractivity contribution is 5.94. The Morgan fingerprint density at radius 2 is 1.79 bits per heavy atom. The van der Waals surface area contributed by atoms with E-state index in [1.54, 1.807) is 24.3 Å². The predicted molar refractivity (Wildman–Crippen MR) is 115 cm³/mol. The van der Waals surface area contributed by atoms with Gasteiger partial charge in [0.2, 0.25) is 5.82 Å². The van der Waals surface area contributed by atoms with Crippen molar-refractivity contribution in [1.29, 1.82) is 0 Å². The number of benzene rings is 2. The summed E-state index contributed by atoms with van der Waals surface area (Å²) < 4.78 is 53.6. The first-order chi connectivity index (χ1) is 15.8. The number of carbonyl (C=O) groups is 1. The molecule has 2 aromatic carbocycles. The molecule has 3 N–H and O–H groups in total. The first-order valence-electron chi connectivity index (χ1n) is 10.6. The number of hydroxylamine groups is 1. The number of allylic oxidation sites excluding steroid dienone is 1. The third kappa shape index (κ3) is 5.98. The van der Waals surface area contributed by atoms with Crippen LogP contribution in [0.15, 0.2) is 42.6 Å². The molecule has 6 nitrogen and oxygen atoms in total. The van der Waals surface area contributed by atoms with E-state index in [1.165, 1.54) is 7.11 Å². The fraction of sp³-hybridized carbons (Fsp3) is 0.375. The lowest BCUT2D eigenvalue weighted by molar-refractivity contribution is 0.0935. The third-order valence-corrected chi connectivity index (χ3v) is 5.94. The Bertz CT molecular complexity index is 990. The Labute approximate surface area is 190 Å². The maximum absolute atomic E-state index is 14.5. The number of methoxy groups -OCH3 is 1. The van der Waals surface area contributed by atoms with E-state index in [1.807, 2.05) is 0 Å². The molecule has 2 aromatic rings. The van der Waals surface area contributed by atoms with Crippen molar-refractivity contribution >= 4 is 5.91 Å². The molecule has 9 heteroatoms. The summed E-state index contributed by atoms with van der Waals surface area (Å²) in [5.74, 6) is -5.06. The molecule has 0 saturated heterocycles. The summed E-state index contributed by atoms with van der Waals surface area (Å²) in [6.07, 6.45) is 3.11. The maximum Gasteiger partial charge on any atom is 0.254 e. The highest BCUT2D eigenvalue weighted by atomic mass is 19.2. The Hall–Kier alpha value is -3.20. The number of amides is 1. The van der Waals surface area contributed by atoms with Crippen LogP contribution < -0.4 is 20.3 Å². The van der Waals surface area contributed by atoms with Gasteiger partial charge in [-0.05, 0) is 55.4 Å². The topological polar surface area (TPSA) is 79.8 Å². The van der Waals surface area contributed by atoms with Crippen LogP contribution in [0.25, 0.3) is 0 Å². The predicted octanol–water partition coefficient (Wildman–Crippen LogP) is 4.72. The molecule has 1 aliphatic carbocycles. The van der Waals surface area contributed by atoms with Gasteiger partial charge in [-0.25, -0.2) is 8.78 Å². The lowest BCUT2D eigenvalue weighted by atomic mass is 9.81. The Morgan fingerprint density at radius 3 is 2.39 bits per heavy atom. The minimum Gasteiger partial charge on any atom is -0.497 e. The van der Waals surface area contributed by atoms with Crippen molar-refractivity contribution in [2.75, 3.05) is 13.7 Å². The van der Waals surface area contributed by atoms with Crippen molar-refractivity contribution in [3.05, 3.63) is 71.2 Å². The van der Waals surface area contributed by atoms with Crippen molar-refractivity contribution in [3.63, 3.8) is 0 Å². The molecule has 1 amide bonds. The van der Waals surface area contributed by atoms with Crippen molar-refractivity contribution < 1.29 is 32.6 Å². The second-order valence-electron chi connectivity index (χ2n) is 8.06. The van der Waals surface area contributed by atoms with E-state index in [0.717, 1.165) is 25.7 Å². The summed E-state index contributed by atoms with van der Waals surface area (Å²) >= 11 is 0. The van der Waals surface area contributed by atoms with Gasteiger partial charge in [0.1, 0.15) is 12.4 Å². The first kappa shape index (κ1) is 24.4. The molecule has 3 rings (SSSR count). The van der Waals surface area contributed by atoms with E-state index < -0.39 is 34.7 Å². The molecule has 0 heterocycles. The molecule has 1 saturated carbocycles. The quantitative estimate of drug-likeness (QED) is 0.370. The molecule has 0 atom stereocenters. The average molecular weight is 464 g/mol. The van der Waals surface area contributed by atoms with Crippen LogP contribution in [-0.4, -0.2) is 24.8 Å². The standard InChI is InChI=1S/C24H27F3N2O4/c1-14(29-31)17-7-3-15(4-8-17)12-28-24(30)19-11-20(25)23(22(27)21(19)26)33-13-16-5-9-18(32-2)10-6-16/h5-6,9-11,15,17,29,31H,1,3-4,7-8,12-13H2,2H3,(H,28,30). The van der Waals surface area contributed by atoms with Crippen LogP contribution in [0.5, 0.6) is 11.5 Å². The highest BCUT2D eigenvalue weighted by Crippen LogP contribution is 2.32. The van der Waals surface area contributed by atoms with Gasteiger partial charge in [0, 0.05) is 18.2 Å². The molecule has 0 spiro atoms. The Balaban J connectivity index is 1.59. The SMILES string of the molecule is C=C(NO)C1CCC(CNC(=O)c2cc(F)c(OCc3ccc(OC)cc3)c(F)c2F)CC1. The number of rotatable bonds is 9. The number of hydrogen-bond donors (Lipinski definition) is 3. The minimum atomic E-state index is -1.55. The Morgan fingerprint density at radius 1 is 1.12 bits per heavy atom. The molecule has 0 aromatic heterocycles. The largest absolute Gasteiger partial charge is 0.497 e. The van der Waals surface area contributed by atoms with Gasteiger partial charge in [-0.3, -0.25) is 15.5 Å². The smallest absolute Gasteiger partial charge is 0.254 e. The lowest BCUT2D eigenvalue weighted by Crippen LogP contribution is -2.33. The molecule has 0 radical (unpaired) electrons. The lowest BCUT2D eigenvalue weighted by Gasteiger charge is -2.29. The summed E-state index contributed by atoms with van der Waals surface area (Å²) in [5.41, 5.74) is 2.52. The van der Waals surface area contributed by atoms with Gasteiger partial charge in [0.15, 0.2) is 17.4 Å². The van der Waals surface area contributed by atoms with Crippen LogP contribution in [0.3, 0.4) is 0 Å². The zero-order valence-electron chi connectivity index (χ0n) is 18.3. The third-order valence-electron chi connectivity index (χ3n) is 5.94. The second-order valence-corrected chi connectivity index (χ2v) is 8.06.